The molecule has 31 heavy (non-hydrogen) atoms. The minimum atomic E-state index is -0.877. The molecule has 0 saturated heterocycles. The Bertz CT molecular complexity index is 891. The van der Waals surface area contributed by atoms with E-state index in [1.54, 1.807) is 25.4 Å². The number of aromatic nitrogens is 2. The molecule has 2 aromatic rings. The molecule has 7 nitrogen and oxygen atoms in total. The van der Waals surface area contributed by atoms with Gasteiger partial charge in [-0.05, 0) is 24.1 Å². The Balaban J connectivity index is 1.78. The smallest absolute Gasteiger partial charge is 0.225 e. The fourth-order valence-corrected chi connectivity index (χ4v) is 4.24. The Kier molecular flexibility index (Phi) is 8.05. The predicted octanol–water partition coefficient (Wildman–Crippen LogP) is 2.71. The maximum atomic E-state index is 13.5. The summed E-state index contributed by atoms with van der Waals surface area (Å²) in [6, 6.07) is 4.39. The number of carbonyl (C=O) groups is 1. The summed E-state index contributed by atoms with van der Waals surface area (Å²) in [5.41, 5.74) is 1.61. The normalized spacial score (nSPS) is 23.5. The average molecular weight is 453 g/mol. The van der Waals surface area contributed by atoms with Crippen molar-refractivity contribution in [3.8, 4) is 0 Å². The molecule has 9 heteroatoms. The molecule has 3 rings (SSSR count). The Hall–Kier alpha value is -2.00. The lowest BCUT2D eigenvalue weighted by Crippen LogP contribution is -2.37. The number of nitrogens with one attached hydrogen (secondary N) is 3. The molecule has 0 aliphatic heterocycles. The quantitative estimate of drug-likeness (QED) is 0.438. The molecular weight excluding hydrogens is 423 g/mol. The topological polar surface area (TPSA) is 99.3 Å². The van der Waals surface area contributed by atoms with Crippen LogP contribution in [0.5, 0.6) is 0 Å². The van der Waals surface area contributed by atoms with E-state index in [1.165, 1.54) is 6.07 Å². The standard InChI is InChI=1S/C22H30ClFN4O3/c1-12(2)21-27-11-18(28-21)19-17(26-10-13-4-5-16(24)15(23)8-13)9-14(20(19)29)22(30)25-6-7-31-3/h4-5,8,11-12,14,17,19-20,26,29H,6-7,9-10H2,1-3H3,(H,25,30)(H,27,28)/t14-,17+,19+,20+/m0/s1. The number of aliphatic hydroxyl groups excluding tert-OH is 1. The van der Waals surface area contributed by atoms with Crippen LogP contribution < -0.4 is 10.6 Å². The number of rotatable bonds is 9. The largest absolute Gasteiger partial charge is 0.392 e. The van der Waals surface area contributed by atoms with Gasteiger partial charge in [-0.2, -0.15) is 0 Å². The summed E-state index contributed by atoms with van der Waals surface area (Å²) in [7, 11) is 1.57. The van der Waals surface area contributed by atoms with E-state index in [2.05, 4.69) is 20.6 Å². The van der Waals surface area contributed by atoms with E-state index in [0.717, 1.165) is 17.1 Å². The SMILES string of the molecule is COCCNC(=O)[C@H]1C[C@@H](NCc2ccc(F)c(Cl)c2)[C@H](c2cnc(C(C)C)[nH]2)[C@@H]1O. The lowest BCUT2D eigenvalue weighted by molar-refractivity contribution is -0.127. The molecule has 1 heterocycles. The second-order valence-corrected chi connectivity index (χ2v) is 8.66. The van der Waals surface area contributed by atoms with E-state index in [0.29, 0.717) is 26.1 Å². The van der Waals surface area contributed by atoms with Crippen molar-refractivity contribution in [2.45, 2.75) is 50.8 Å². The number of nitrogens with zero attached hydrogens (tertiary/aromatic N) is 1. The van der Waals surface area contributed by atoms with Gasteiger partial charge in [-0.15, -0.1) is 0 Å². The van der Waals surface area contributed by atoms with Crippen LogP contribution in [0, 0.1) is 11.7 Å². The third kappa shape index (κ3) is 5.63. The van der Waals surface area contributed by atoms with Gasteiger partial charge in [0.15, 0.2) is 0 Å². The second-order valence-electron chi connectivity index (χ2n) is 8.26. The van der Waals surface area contributed by atoms with Crippen LogP contribution in [0.3, 0.4) is 0 Å². The van der Waals surface area contributed by atoms with Gasteiger partial charge in [0.05, 0.1) is 23.7 Å². The van der Waals surface area contributed by atoms with E-state index < -0.39 is 17.8 Å². The van der Waals surface area contributed by atoms with Gasteiger partial charge >= 0.3 is 0 Å². The Morgan fingerprint density at radius 3 is 2.87 bits per heavy atom. The maximum Gasteiger partial charge on any atom is 0.225 e. The highest BCUT2D eigenvalue weighted by atomic mass is 35.5. The maximum absolute atomic E-state index is 13.5. The molecule has 1 aromatic carbocycles. The molecule has 0 spiro atoms. The molecule has 0 radical (unpaired) electrons. The number of amides is 1. The van der Waals surface area contributed by atoms with E-state index in [1.807, 2.05) is 13.8 Å². The Labute approximate surface area is 186 Å². The highest BCUT2D eigenvalue weighted by molar-refractivity contribution is 6.30. The number of hydrogen-bond donors (Lipinski definition) is 4. The summed E-state index contributed by atoms with van der Waals surface area (Å²) in [4.78, 5) is 20.4. The first-order valence-corrected chi connectivity index (χ1v) is 10.9. The molecule has 1 saturated carbocycles. The fourth-order valence-electron chi connectivity index (χ4n) is 4.04. The van der Waals surface area contributed by atoms with Gasteiger partial charge < -0.3 is 25.5 Å². The van der Waals surface area contributed by atoms with Crippen LogP contribution in [-0.2, 0) is 16.1 Å². The summed E-state index contributed by atoms with van der Waals surface area (Å²) in [5, 5.41) is 17.4. The fraction of sp³-hybridized carbons (Fsp3) is 0.545. The van der Waals surface area contributed by atoms with Crippen molar-refractivity contribution in [3.05, 3.63) is 52.3 Å². The number of imidazole rings is 1. The van der Waals surface area contributed by atoms with E-state index in [9.17, 15) is 14.3 Å². The zero-order chi connectivity index (χ0) is 22.5. The van der Waals surface area contributed by atoms with Crippen molar-refractivity contribution in [1.29, 1.82) is 0 Å². The van der Waals surface area contributed by atoms with Gasteiger partial charge in [0.25, 0.3) is 0 Å². The number of hydrogen-bond acceptors (Lipinski definition) is 5. The third-order valence-electron chi connectivity index (χ3n) is 5.74. The highest BCUT2D eigenvalue weighted by Gasteiger charge is 2.47. The van der Waals surface area contributed by atoms with Crippen LogP contribution in [0.4, 0.5) is 4.39 Å². The minimum absolute atomic E-state index is 0.0628. The van der Waals surface area contributed by atoms with Gasteiger partial charge in [-0.25, -0.2) is 9.37 Å². The van der Waals surface area contributed by atoms with E-state index in [4.69, 9.17) is 16.3 Å². The van der Waals surface area contributed by atoms with Crippen molar-refractivity contribution < 1.29 is 19.0 Å². The van der Waals surface area contributed by atoms with E-state index >= 15 is 0 Å². The first kappa shape index (κ1) is 23.7. The van der Waals surface area contributed by atoms with Gasteiger partial charge in [0.1, 0.15) is 11.6 Å². The third-order valence-corrected chi connectivity index (χ3v) is 6.03. The average Bonchev–Trinajstić information content (AvgIpc) is 3.33. The van der Waals surface area contributed by atoms with Crippen molar-refractivity contribution in [2.24, 2.45) is 5.92 Å². The van der Waals surface area contributed by atoms with Crippen molar-refractivity contribution in [1.82, 2.24) is 20.6 Å². The zero-order valence-electron chi connectivity index (χ0n) is 18.0. The Morgan fingerprint density at radius 1 is 1.45 bits per heavy atom. The number of aliphatic hydroxyl groups is 1. The van der Waals surface area contributed by atoms with E-state index in [-0.39, 0.29) is 28.8 Å². The van der Waals surface area contributed by atoms with Crippen LogP contribution in [0.1, 0.15) is 49.2 Å². The number of methoxy groups -OCH3 is 1. The number of ether oxygens (including phenoxy) is 1. The summed E-state index contributed by atoms with van der Waals surface area (Å²) in [6.45, 7) is 5.29. The molecule has 4 N–H and O–H groups in total. The summed E-state index contributed by atoms with van der Waals surface area (Å²) in [5.74, 6) is -0.526. The molecule has 1 aromatic heterocycles. The number of carbonyl (C=O) groups excluding carboxylic acids is 1. The summed E-state index contributed by atoms with van der Waals surface area (Å²) >= 11 is 5.90. The Morgan fingerprint density at radius 2 is 2.23 bits per heavy atom. The number of aromatic amines is 1. The zero-order valence-corrected chi connectivity index (χ0v) is 18.7. The van der Waals surface area contributed by atoms with Crippen molar-refractivity contribution in [3.63, 3.8) is 0 Å². The highest BCUT2D eigenvalue weighted by Crippen LogP contribution is 2.39. The van der Waals surface area contributed by atoms with Crippen molar-refractivity contribution >= 4 is 17.5 Å². The summed E-state index contributed by atoms with van der Waals surface area (Å²) < 4.78 is 18.4. The van der Waals surface area contributed by atoms with Crippen LogP contribution in [0.2, 0.25) is 5.02 Å². The molecule has 1 aliphatic rings. The van der Waals surface area contributed by atoms with Crippen LogP contribution in [-0.4, -0.2) is 53.4 Å². The molecule has 1 fully saturated rings. The predicted molar refractivity (Wildman–Crippen MR) is 116 cm³/mol. The van der Waals surface area contributed by atoms with Crippen LogP contribution in [0.15, 0.2) is 24.4 Å². The second kappa shape index (κ2) is 10.5. The van der Waals surface area contributed by atoms with Gasteiger partial charge in [0, 0.05) is 50.0 Å². The lowest BCUT2D eigenvalue weighted by Gasteiger charge is -2.22. The first-order chi connectivity index (χ1) is 14.8. The number of halogens is 2. The number of benzene rings is 1. The summed E-state index contributed by atoms with van der Waals surface area (Å²) in [6.07, 6.45) is 1.31. The first-order valence-electron chi connectivity index (χ1n) is 10.5. The van der Waals surface area contributed by atoms with Gasteiger partial charge in [-0.3, -0.25) is 4.79 Å². The molecular formula is C22H30ClFN4O3. The van der Waals surface area contributed by atoms with Gasteiger partial charge in [-0.1, -0.05) is 31.5 Å². The molecule has 1 aliphatic carbocycles. The molecule has 170 valence electrons. The molecule has 0 bridgehead atoms. The molecule has 4 atom stereocenters. The minimum Gasteiger partial charge on any atom is -0.392 e. The van der Waals surface area contributed by atoms with Crippen LogP contribution >= 0.6 is 11.6 Å². The van der Waals surface area contributed by atoms with Gasteiger partial charge in [0.2, 0.25) is 5.91 Å². The molecule has 1 amide bonds. The monoisotopic (exact) mass is 452 g/mol. The number of H-pyrrole nitrogens is 1. The van der Waals surface area contributed by atoms with Crippen LogP contribution in [0.25, 0.3) is 0 Å². The van der Waals surface area contributed by atoms with Crippen molar-refractivity contribution in [2.75, 3.05) is 20.3 Å². The lowest BCUT2D eigenvalue weighted by atomic mass is 9.96. The molecule has 0 unspecified atom stereocenters.